The number of rotatable bonds is 2. The van der Waals surface area contributed by atoms with Crippen molar-refractivity contribution < 1.29 is 4.79 Å². The molecule has 0 aliphatic carbocycles. The number of thiophene rings is 1. The summed E-state index contributed by atoms with van der Waals surface area (Å²) in [6.45, 7) is 0.726. The molecule has 1 aliphatic heterocycles. The van der Waals surface area contributed by atoms with E-state index in [1.54, 1.807) is 11.3 Å². The SMILES string of the molecule is O=C1NCCc2ccc(C(Br)c3ccc(Cl)s3)cc21. The second-order valence-corrected chi connectivity index (χ2v) is 7.09. The minimum atomic E-state index is 0.0204. The summed E-state index contributed by atoms with van der Waals surface area (Å²) in [5.41, 5.74) is 2.99. The molecule has 0 saturated carbocycles. The summed E-state index contributed by atoms with van der Waals surface area (Å²) in [7, 11) is 0. The molecule has 0 saturated heterocycles. The smallest absolute Gasteiger partial charge is 0.251 e. The highest BCUT2D eigenvalue weighted by atomic mass is 79.9. The zero-order valence-electron chi connectivity index (χ0n) is 9.95. The fourth-order valence-corrected chi connectivity index (χ4v) is 4.00. The molecule has 0 radical (unpaired) electrons. The molecule has 2 aromatic rings. The molecule has 1 atom stereocenters. The Morgan fingerprint density at radius 2 is 2.16 bits per heavy atom. The number of hydrogen-bond acceptors (Lipinski definition) is 2. The third-order valence-corrected chi connectivity index (χ3v) is 5.82. The van der Waals surface area contributed by atoms with Crippen molar-refractivity contribution in [2.45, 2.75) is 11.2 Å². The van der Waals surface area contributed by atoms with Gasteiger partial charge in [-0.3, -0.25) is 4.79 Å². The quantitative estimate of drug-likeness (QED) is 0.804. The molecule has 98 valence electrons. The summed E-state index contributed by atoms with van der Waals surface area (Å²) < 4.78 is 0.773. The predicted molar refractivity (Wildman–Crippen MR) is 82.6 cm³/mol. The van der Waals surface area contributed by atoms with Gasteiger partial charge in [0, 0.05) is 17.0 Å². The Morgan fingerprint density at radius 3 is 2.89 bits per heavy atom. The molecule has 0 bridgehead atoms. The van der Waals surface area contributed by atoms with E-state index in [1.807, 2.05) is 24.3 Å². The first-order valence-electron chi connectivity index (χ1n) is 5.95. The van der Waals surface area contributed by atoms with E-state index in [0.29, 0.717) is 0 Å². The molecule has 5 heteroatoms. The summed E-state index contributed by atoms with van der Waals surface area (Å²) in [5, 5.41) is 2.88. The zero-order chi connectivity index (χ0) is 13.4. The van der Waals surface area contributed by atoms with Gasteiger partial charge < -0.3 is 5.32 Å². The lowest BCUT2D eigenvalue weighted by molar-refractivity contribution is 0.0946. The molecule has 0 fully saturated rings. The molecule has 3 rings (SSSR count). The van der Waals surface area contributed by atoms with Crippen molar-refractivity contribution in [1.82, 2.24) is 5.32 Å². The van der Waals surface area contributed by atoms with E-state index in [9.17, 15) is 4.79 Å². The van der Waals surface area contributed by atoms with Gasteiger partial charge in [-0.05, 0) is 35.7 Å². The average Bonchev–Trinajstić information content (AvgIpc) is 2.85. The highest BCUT2D eigenvalue weighted by Gasteiger charge is 2.20. The van der Waals surface area contributed by atoms with Gasteiger partial charge in [-0.1, -0.05) is 39.7 Å². The van der Waals surface area contributed by atoms with Gasteiger partial charge in [0.25, 0.3) is 5.91 Å². The van der Waals surface area contributed by atoms with E-state index >= 15 is 0 Å². The van der Waals surface area contributed by atoms with Crippen molar-refractivity contribution in [3.8, 4) is 0 Å². The Kier molecular flexibility index (Phi) is 3.65. The number of amides is 1. The Balaban J connectivity index is 1.97. The highest BCUT2D eigenvalue weighted by molar-refractivity contribution is 9.09. The number of carbonyl (C=O) groups excluding carboxylic acids is 1. The maximum absolute atomic E-state index is 11.9. The Bertz CT molecular complexity index is 640. The number of nitrogens with one attached hydrogen (secondary N) is 1. The van der Waals surface area contributed by atoms with Crippen LogP contribution in [-0.2, 0) is 6.42 Å². The summed E-state index contributed by atoms with van der Waals surface area (Å²) in [6, 6.07) is 9.99. The van der Waals surface area contributed by atoms with Crippen LogP contribution in [0.15, 0.2) is 30.3 Å². The number of halogens is 2. The van der Waals surface area contributed by atoms with Gasteiger partial charge >= 0.3 is 0 Å². The van der Waals surface area contributed by atoms with E-state index in [2.05, 4.69) is 27.3 Å². The lowest BCUT2D eigenvalue weighted by atomic mass is 9.96. The van der Waals surface area contributed by atoms with Gasteiger partial charge in [0.2, 0.25) is 0 Å². The lowest BCUT2D eigenvalue weighted by Crippen LogP contribution is -2.31. The van der Waals surface area contributed by atoms with Crippen LogP contribution in [0.1, 0.15) is 31.2 Å². The van der Waals surface area contributed by atoms with Gasteiger partial charge in [-0.25, -0.2) is 0 Å². The van der Waals surface area contributed by atoms with E-state index in [0.717, 1.165) is 38.9 Å². The lowest BCUT2D eigenvalue weighted by Gasteiger charge is -2.18. The molecule has 1 unspecified atom stereocenters. The van der Waals surface area contributed by atoms with Crippen molar-refractivity contribution in [2.24, 2.45) is 0 Å². The fourth-order valence-electron chi connectivity index (χ4n) is 2.22. The summed E-state index contributed by atoms with van der Waals surface area (Å²) >= 11 is 11.2. The van der Waals surface area contributed by atoms with Crippen molar-refractivity contribution in [1.29, 1.82) is 0 Å². The number of fused-ring (bicyclic) bond motifs is 1. The zero-order valence-corrected chi connectivity index (χ0v) is 13.1. The number of carbonyl (C=O) groups is 1. The molecule has 19 heavy (non-hydrogen) atoms. The first-order valence-corrected chi connectivity index (χ1v) is 8.06. The van der Waals surface area contributed by atoms with Gasteiger partial charge in [-0.15, -0.1) is 11.3 Å². The highest BCUT2D eigenvalue weighted by Crippen LogP contribution is 2.37. The first-order chi connectivity index (χ1) is 9.15. The number of alkyl halides is 1. The minimum absolute atomic E-state index is 0.0204. The molecule has 2 heterocycles. The van der Waals surface area contributed by atoms with Crippen molar-refractivity contribution >= 4 is 44.8 Å². The third kappa shape index (κ3) is 2.57. The topological polar surface area (TPSA) is 29.1 Å². The van der Waals surface area contributed by atoms with Crippen LogP contribution in [0.4, 0.5) is 0 Å². The van der Waals surface area contributed by atoms with Crippen LogP contribution in [0.5, 0.6) is 0 Å². The van der Waals surface area contributed by atoms with Crippen LogP contribution in [0.3, 0.4) is 0 Å². The summed E-state index contributed by atoms with van der Waals surface area (Å²) in [4.78, 5) is 13.1. The second-order valence-electron chi connectivity index (χ2n) is 4.43. The second kappa shape index (κ2) is 5.27. The molecule has 1 amide bonds. The maximum Gasteiger partial charge on any atom is 0.251 e. The van der Waals surface area contributed by atoms with Crippen LogP contribution in [0, 0.1) is 0 Å². The van der Waals surface area contributed by atoms with E-state index in [1.165, 1.54) is 0 Å². The fraction of sp³-hybridized carbons (Fsp3) is 0.214. The number of hydrogen-bond donors (Lipinski definition) is 1. The first kappa shape index (κ1) is 13.2. The van der Waals surface area contributed by atoms with Gasteiger partial charge in [0.05, 0.1) is 9.16 Å². The van der Waals surface area contributed by atoms with Gasteiger partial charge in [-0.2, -0.15) is 0 Å². The van der Waals surface area contributed by atoms with Crippen molar-refractivity contribution in [3.05, 3.63) is 56.2 Å². The molecular weight excluding hydrogens is 346 g/mol. The monoisotopic (exact) mass is 355 g/mol. The molecular formula is C14H11BrClNOS. The summed E-state index contributed by atoms with van der Waals surface area (Å²) in [5.74, 6) is 0.0204. The van der Waals surface area contributed by atoms with Crippen LogP contribution in [0.2, 0.25) is 4.34 Å². The average molecular weight is 357 g/mol. The predicted octanol–water partition coefficient (Wildman–Crippen LogP) is 4.17. The molecule has 2 nitrogen and oxygen atoms in total. The van der Waals surface area contributed by atoms with Crippen LogP contribution >= 0.6 is 38.9 Å². The normalized spacial score (nSPS) is 15.8. The Hall–Kier alpha value is -0.840. The van der Waals surface area contributed by atoms with Gasteiger partial charge in [0.15, 0.2) is 0 Å². The maximum atomic E-state index is 11.9. The van der Waals surface area contributed by atoms with E-state index < -0.39 is 0 Å². The minimum Gasteiger partial charge on any atom is -0.352 e. The largest absolute Gasteiger partial charge is 0.352 e. The molecule has 1 N–H and O–H groups in total. The van der Waals surface area contributed by atoms with E-state index in [4.69, 9.17) is 11.6 Å². The Morgan fingerprint density at radius 1 is 1.32 bits per heavy atom. The summed E-state index contributed by atoms with van der Waals surface area (Å²) in [6.07, 6.45) is 0.902. The Labute approximate surface area is 128 Å². The van der Waals surface area contributed by atoms with E-state index in [-0.39, 0.29) is 10.7 Å². The van der Waals surface area contributed by atoms with Crippen molar-refractivity contribution in [3.63, 3.8) is 0 Å². The van der Waals surface area contributed by atoms with Crippen molar-refractivity contribution in [2.75, 3.05) is 6.54 Å². The van der Waals surface area contributed by atoms with Gasteiger partial charge in [0.1, 0.15) is 0 Å². The van der Waals surface area contributed by atoms with Crippen LogP contribution in [-0.4, -0.2) is 12.5 Å². The molecule has 0 spiro atoms. The third-order valence-electron chi connectivity index (χ3n) is 3.19. The van der Waals surface area contributed by atoms with Crippen LogP contribution < -0.4 is 5.32 Å². The standard InChI is InChI=1S/C14H11BrClNOS/c15-13(11-3-4-12(16)19-11)9-2-1-8-5-6-17-14(18)10(8)7-9/h1-4,7,13H,5-6H2,(H,17,18). The molecule has 1 aromatic heterocycles. The van der Waals surface area contributed by atoms with Crippen LogP contribution in [0.25, 0.3) is 0 Å². The molecule has 1 aliphatic rings. The molecule has 1 aromatic carbocycles. The number of benzene rings is 1.